The van der Waals surface area contributed by atoms with Crippen molar-refractivity contribution in [3.8, 4) is 5.75 Å². The van der Waals surface area contributed by atoms with Gasteiger partial charge in [0.1, 0.15) is 5.75 Å². The van der Waals surface area contributed by atoms with Crippen molar-refractivity contribution in [2.75, 3.05) is 18.9 Å². The maximum Gasteiger partial charge on any atom is 0.573 e. The molecule has 0 heterocycles. The number of anilines is 1. The average molecular weight is 316 g/mol. The first-order chi connectivity index (χ1) is 10.2. The van der Waals surface area contributed by atoms with Crippen molar-refractivity contribution in [2.45, 2.75) is 19.2 Å². The molecule has 0 aromatic heterocycles. The first-order valence-corrected chi connectivity index (χ1v) is 6.65. The van der Waals surface area contributed by atoms with Gasteiger partial charge in [-0.15, -0.1) is 13.2 Å². The van der Waals surface area contributed by atoms with Crippen LogP contribution in [0.15, 0.2) is 24.3 Å². The number of carbonyl (C=O) groups excluding carboxylic acids is 2. The zero-order valence-electron chi connectivity index (χ0n) is 11.8. The molecule has 0 unspecified atom stereocenters. The number of amides is 2. The van der Waals surface area contributed by atoms with Crippen LogP contribution in [-0.4, -0.2) is 36.7 Å². The lowest BCUT2D eigenvalue weighted by atomic mass is 10.3. The molecule has 0 aliphatic heterocycles. The van der Waals surface area contributed by atoms with E-state index in [1.807, 2.05) is 0 Å². The average Bonchev–Trinajstić information content (AvgIpc) is 3.22. The Bertz CT molecular complexity index is 553. The van der Waals surface area contributed by atoms with Crippen LogP contribution in [-0.2, 0) is 9.59 Å². The topological polar surface area (TPSA) is 58.6 Å². The van der Waals surface area contributed by atoms with Crippen LogP contribution in [0.2, 0.25) is 0 Å². The Labute approximate surface area is 125 Å². The van der Waals surface area contributed by atoms with Gasteiger partial charge in [0.2, 0.25) is 11.8 Å². The number of carbonyl (C=O) groups is 2. The van der Waals surface area contributed by atoms with E-state index >= 15 is 0 Å². The Morgan fingerprint density at radius 3 is 2.36 bits per heavy atom. The highest BCUT2D eigenvalue weighted by atomic mass is 19.4. The van der Waals surface area contributed by atoms with Gasteiger partial charge in [-0.05, 0) is 37.1 Å². The van der Waals surface area contributed by atoms with Crippen LogP contribution in [0, 0.1) is 5.92 Å². The van der Waals surface area contributed by atoms with Crippen molar-refractivity contribution in [2.24, 2.45) is 5.92 Å². The van der Waals surface area contributed by atoms with Crippen LogP contribution in [0.4, 0.5) is 18.9 Å². The summed E-state index contributed by atoms with van der Waals surface area (Å²) >= 11 is 0. The predicted molar refractivity (Wildman–Crippen MR) is 72.1 cm³/mol. The van der Waals surface area contributed by atoms with E-state index in [0.29, 0.717) is 5.69 Å². The van der Waals surface area contributed by atoms with E-state index in [4.69, 9.17) is 0 Å². The Hall–Kier alpha value is -2.25. The Balaban J connectivity index is 1.84. The minimum absolute atomic E-state index is 0.0246. The number of hydrogen-bond acceptors (Lipinski definition) is 3. The van der Waals surface area contributed by atoms with Gasteiger partial charge in [-0.2, -0.15) is 0 Å². The summed E-state index contributed by atoms with van der Waals surface area (Å²) in [5, 5.41) is 2.51. The maximum absolute atomic E-state index is 12.0. The van der Waals surface area contributed by atoms with Crippen LogP contribution in [0.25, 0.3) is 0 Å². The molecule has 1 aromatic carbocycles. The van der Waals surface area contributed by atoms with Crippen molar-refractivity contribution < 1.29 is 27.5 Å². The lowest BCUT2D eigenvalue weighted by molar-refractivity contribution is -0.274. The summed E-state index contributed by atoms with van der Waals surface area (Å²) in [6, 6.07) is 4.79. The quantitative estimate of drug-likeness (QED) is 0.907. The smallest absolute Gasteiger partial charge is 0.406 e. The minimum Gasteiger partial charge on any atom is -0.406 e. The molecule has 5 nitrogen and oxygen atoms in total. The second-order valence-electron chi connectivity index (χ2n) is 5.09. The zero-order valence-corrected chi connectivity index (χ0v) is 11.8. The summed E-state index contributed by atoms with van der Waals surface area (Å²) in [4.78, 5) is 24.8. The number of nitrogens with one attached hydrogen (secondary N) is 1. The second-order valence-corrected chi connectivity index (χ2v) is 5.09. The zero-order chi connectivity index (χ0) is 16.3. The molecule has 2 amide bonds. The normalized spacial score (nSPS) is 14.4. The first kappa shape index (κ1) is 16.1. The molecule has 1 N–H and O–H groups in total. The molecule has 22 heavy (non-hydrogen) atoms. The second kappa shape index (κ2) is 6.25. The SMILES string of the molecule is CN(CC(=O)Nc1ccc(OC(F)(F)F)cc1)C(=O)C1CC1. The monoisotopic (exact) mass is 316 g/mol. The predicted octanol–water partition coefficient (Wildman–Crippen LogP) is 2.39. The standard InChI is InChI=1S/C14H15F3N2O3/c1-19(13(21)9-2-3-9)8-12(20)18-10-4-6-11(7-5-10)22-14(15,16)17/h4-7,9H,2-3,8H2,1H3,(H,18,20). The third kappa shape index (κ3) is 4.94. The van der Waals surface area contributed by atoms with Crippen LogP contribution in [0.1, 0.15) is 12.8 Å². The van der Waals surface area contributed by atoms with Gasteiger partial charge >= 0.3 is 6.36 Å². The number of nitrogens with zero attached hydrogens (tertiary/aromatic N) is 1. The molecule has 0 radical (unpaired) electrons. The fraction of sp³-hybridized carbons (Fsp3) is 0.429. The van der Waals surface area contributed by atoms with Gasteiger partial charge in [0.15, 0.2) is 0 Å². The molecule has 8 heteroatoms. The fourth-order valence-corrected chi connectivity index (χ4v) is 1.88. The Morgan fingerprint density at radius 2 is 1.86 bits per heavy atom. The highest BCUT2D eigenvalue weighted by Gasteiger charge is 2.32. The molecule has 1 saturated carbocycles. The van der Waals surface area contributed by atoms with E-state index in [0.717, 1.165) is 25.0 Å². The molecule has 0 atom stereocenters. The van der Waals surface area contributed by atoms with Crippen LogP contribution >= 0.6 is 0 Å². The number of ether oxygens (including phenoxy) is 1. The fourth-order valence-electron chi connectivity index (χ4n) is 1.88. The number of benzene rings is 1. The highest BCUT2D eigenvalue weighted by Crippen LogP contribution is 2.30. The number of rotatable bonds is 5. The lowest BCUT2D eigenvalue weighted by Gasteiger charge is -2.16. The van der Waals surface area contributed by atoms with Gasteiger partial charge < -0.3 is 15.0 Å². The van der Waals surface area contributed by atoms with Gasteiger partial charge in [-0.25, -0.2) is 0 Å². The molecule has 1 aliphatic rings. The van der Waals surface area contributed by atoms with E-state index in [1.165, 1.54) is 17.0 Å². The molecule has 1 fully saturated rings. The van der Waals surface area contributed by atoms with Gasteiger partial charge in [0.25, 0.3) is 0 Å². The van der Waals surface area contributed by atoms with E-state index in [2.05, 4.69) is 10.1 Å². The van der Waals surface area contributed by atoms with Crippen LogP contribution in [0.5, 0.6) is 5.75 Å². The third-order valence-corrected chi connectivity index (χ3v) is 3.06. The third-order valence-electron chi connectivity index (χ3n) is 3.06. The summed E-state index contributed by atoms with van der Waals surface area (Å²) < 4.78 is 39.8. The molecule has 2 rings (SSSR count). The van der Waals surface area contributed by atoms with Crippen LogP contribution in [0.3, 0.4) is 0 Å². The molecular weight excluding hydrogens is 301 g/mol. The maximum atomic E-state index is 12.0. The molecule has 1 aliphatic carbocycles. The number of hydrogen-bond donors (Lipinski definition) is 1. The van der Waals surface area contributed by atoms with Gasteiger partial charge in [0, 0.05) is 18.7 Å². The Kier molecular flexibility index (Phi) is 4.58. The number of likely N-dealkylation sites (N-methyl/N-ethyl adjacent to an activating group) is 1. The van der Waals surface area contributed by atoms with E-state index in [9.17, 15) is 22.8 Å². The van der Waals surface area contributed by atoms with Gasteiger partial charge in [0.05, 0.1) is 6.54 Å². The van der Waals surface area contributed by atoms with E-state index < -0.39 is 12.3 Å². The van der Waals surface area contributed by atoms with Crippen LogP contribution < -0.4 is 10.1 Å². The van der Waals surface area contributed by atoms with Gasteiger partial charge in [-0.1, -0.05) is 0 Å². The summed E-state index contributed by atoms with van der Waals surface area (Å²) in [6.45, 7) is -0.101. The Morgan fingerprint density at radius 1 is 1.27 bits per heavy atom. The molecule has 0 saturated heterocycles. The van der Waals surface area contributed by atoms with Crippen molar-refractivity contribution in [1.29, 1.82) is 0 Å². The number of alkyl halides is 3. The molecular formula is C14H15F3N2O3. The molecule has 120 valence electrons. The van der Waals surface area contributed by atoms with Gasteiger partial charge in [-0.3, -0.25) is 9.59 Å². The summed E-state index contributed by atoms with van der Waals surface area (Å²) in [5.41, 5.74) is 0.326. The van der Waals surface area contributed by atoms with E-state index in [-0.39, 0.29) is 24.1 Å². The van der Waals surface area contributed by atoms with Crippen molar-refractivity contribution in [3.05, 3.63) is 24.3 Å². The minimum atomic E-state index is -4.75. The summed E-state index contributed by atoms with van der Waals surface area (Å²) in [7, 11) is 1.54. The number of halogens is 3. The molecule has 0 spiro atoms. The van der Waals surface area contributed by atoms with Crippen molar-refractivity contribution in [1.82, 2.24) is 4.90 Å². The molecule has 1 aromatic rings. The van der Waals surface area contributed by atoms with Crippen molar-refractivity contribution in [3.63, 3.8) is 0 Å². The highest BCUT2D eigenvalue weighted by molar-refractivity contribution is 5.95. The van der Waals surface area contributed by atoms with Crippen molar-refractivity contribution >= 4 is 17.5 Å². The lowest BCUT2D eigenvalue weighted by Crippen LogP contribution is -2.35. The van der Waals surface area contributed by atoms with E-state index in [1.54, 1.807) is 7.05 Å². The first-order valence-electron chi connectivity index (χ1n) is 6.65. The molecule has 0 bridgehead atoms. The summed E-state index contributed by atoms with van der Waals surface area (Å²) in [6.07, 6.45) is -3.05. The summed E-state index contributed by atoms with van der Waals surface area (Å²) in [5.74, 6) is -0.826. The largest absolute Gasteiger partial charge is 0.573 e.